The monoisotopic (exact) mass is 375 g/mol. The number of H-pyrrole nitrogens is 1. The number of nitrogens with two attached hydrogens (primary N) is 1. The lowest BCUT2D eigenvalue weighted by atomic mass is 9.92. The van der Waals surface area contributed by atoms with E-state index in [2.05, 4.69) is 31.0 Å². The molecule has 3 aromatic rings. The number of carbonyl (C=O) groups is 2. The van der Waals surface area contributed by atoms with Crippen molar-refractivity contribution in [1.82, 2.24) is 9.88 Å². The summed E-state index contributed by atoms with van der Waals surface area (Å²) in [6.45, 7) is 6.54. The maximum absolute atomic E-state index is 13.3. The molecule has 28 heavy (non-hydrogen) atoms. The standard InChI is InChI=1S/C23H25N3O2/c1-13-8-9-14(2)22-21(13)18(15(3)25-22)11-20(27)26-12-17-7-5-4-6-16(17)10-19(26)23(24)28/h4-9,19,25H,10-12H2,1-3H3,(H2,24,28)/t19-/m1/s1. The van der Waals surface area contributed by atoms with Gasteiger partial charge in [0.05, 0.1) is 6.42 Å². The van der Waals surface area contributed by atoms with Crippen molar-refractivity contribution in [3.05, 3.63) is 69.9 Å². The first kappa shape index (κ1) is 18.3. The lowest BCUT2D eigenvalue weighted by Crippen LogP contribution is -2.51. The molecule has 0 saturated carbocycles. The second-order valence-corrected chi connectivity index (χ2v) is 7.77. The largest absolute Gasteiger partial charge is 0.368 e. The molecule has 1 aliphatic rings. The second kappa shape index (κ2) is 6.82. The van der Waals surface area contributed by atoms with Crippen LogP contribution in [0.25, 0.3) is 10.9 Å². The van der Waals surface area contributed by atoms with Crippen molar-refractivity contribution in [1.29, 1.82) is 0 Å². The van der Waals surface area contributed by atoms with E-state index < -0.39 is 11.9 Å². The molecule has 2 aromatic carbocycles. The summed E-state index contributed by atoms with van der Waals surface area (Å²) >= 11 is 0. The molecular formula is C23H25N3O2. The molecule has 0 saturated heterocycles. The number of primary amides is 1. The molecule has 5 heteroatoms. The maximum atomic E-state index is 13.3. The number of benzene rings is 2. The van der Waals surface area contributed by atoms with E-state index in [0.717, 1.165) is 44.4 Å². The van der Waals surface area contributed by atoms with E-state index in [0.29, 0.717) is 13.0 Å². The SMILES string of the molecule is Cc1[nH]c2c(C)ccc(C)c2c1CC(=O)N1Cc2ccccc2C[C@@H]1C(N)=O. The number of hydrogen-bond acceptors (Lipinski definition) is 2. The fourth-order valence-corrected chi connectivity index (χ4v) is 4.32. The predicted octanol–water partition coefficient (Wildman–Crippen LogP) is 3.07. The molecule has 2 heterocycles. The Morgan fingerprint density at radius 2 is 1.75 bits per heavy atom. The first-order valence-corrected chi connectivity index (χ1v) is 9.59. The molecule has 2 amide bonds. The van der Waals surface area contributed by atoms with Crippen molar-refractivity contribution in [3.8, 4) is 0 Å². The van der Waals surface area contributed by atoms with Crippen LogP contribution in [0.5, 0.6) is 0 Å². The number of nitrogens with zero attached hydrogens (tertiary/aromatic N) is 1. The maximum Gasteiger partial charge on any atom is 0.240 e. The Labute approximate surface area is 164 Å². The zero-order valence-electron chi connectivity index (χ0n) is 16.5. The van der Waals surface area contributed by atoms with Gasteiger partial charge in [0.15, 0.2) is 0 Å². The molecule has 0 spiro atoms. The van der Waals surface area contributed by atoms with Crippen LogP contribution in [-0.2, 0) is 29.0 Å². The van der Waals surface area contributed by atoms with E-state index in [-0.39, 0.29) is 12.3 Å². The van der Waals surface area contributed by atoms with Crippen LogP contribution in [0.15, 0.2) is 36.4 Å². The Hall–Kier alpha value is -3.08. The van der Waals surface area contributed by atoms with E-state index in [1.165, 1.54) is 0 Å². The number of aromatic nitrogens is 1. The van der Waals surface area contributed by atoms with Crippen molar-refractivity contribution < 1.29 is 9.59 Å². The van der Waals surface area contributed by atoms with Crippen molar-refractivity contribution in [2.45, 2.75) is 46.2 Å². The van der Waals surface area contributed by atoms with Gasteiger partial charge in [-0.25, -0.2) is 0 Å². The lowest BCUT2D eigenvalue weighted by molar-refractivity contribution is -0.140. The van der Waals surface area contributed by atoms with Gasteiger partial charge in [0.25, 0.3) is 0 Å². The van der Waals surface area contributed by atoms with Crippen LogP contribution in [0.3, 0.4) is 0 Å². The number of carbonyl (C=O) groups excluding carboxylic acids is 2. The number of nitrogens with one attached hydrogen (secondary N) is 1. The van der Waals surface area contributed by atoms with Gasteiger partial charge in [0, 0.05) is 29.6 Å². The van der Waals surface area contributed by atoms with Gasteiger partial charge >= 0.3 is 0 Å². The first-order valence-electron chi connectivity index (χ1n) is 9.59. The molecule has 0 radical (unpaired) electrons. The fourth-order valence-electron chi connectivity index (χ4n) is 4.32. The van der Waals surface area contributed by atoms with E-state index in [9.17, 15) is 9.59 Å². The highest BCUT2D eigenvalue weighted by Crippen LogP contribution is 2.30. The summed E-state index contributed by atoms with van der Waals surface area (Å²) in [5.41, 5.74) is 13.2. The molecule has 3 N–H and O–H groups in total. The summed E-state index contributed by atoms with van der Waals surface area (Å²) < 4.78 is 0. The predicted molar refractivity (Wildman–Crippen MR) is 110 cm³/mol. The van der Waals surface area contributed by atoms with Crippen molar-refractivity contribution in [2.24, 2.45) is 5.73 Å². The highest BCUT2D eigenvalue weighted by molar-refractivity contribution is 5.95. The van der Waals surface area contributed by atoms with E-state index in [4.69, 9.17) is 5.73 Å². The Kier molecular flexibility index (Phi) is 4.46. The summed E-state index contributed by atoms with van der Waals surface area (Å²) in [4.78, 5) is 30.4. The lowest BCUT2D eigenvalue weighted by Gasteiger charge is -2.35. The number of aryl methyl sites for hydroxylation is 3. The van der Waals surface area contributed by atoms with Crippen LogP contribution in [0.4, 0.5) is 0 Å². The molecule has 0 fully saturated rings. The molecule has 1 aliphatic heterocycles. The zero-order chi connectivity index (χ0) is 20.0. The van der Waals surface area contributed by atoms with Crippen LogP contribution in [0.2, 0.25) is 0 Å². The van der Waals surface area contributed by atoms with Gasteiger partial charge < -0.3 is 15.6 Å². The minimum atomic E-state index is -0.601. The molecular weight excluding hydrogens is 350 g/mol. The molecule has 144 valence electrons. The second-order valence-electron chi connectivity index (χ2n) is 7.77. The van der Waals surface area contributed by atoms with Gasteiger partial charge in [-0.05, 0) is 48.6 Å². The van der Waals surface area contributed by atoms with Gasteiger partial charge in [0.1, 0.15) is 6.04 Å². The first-order chi connectivity index (χ1) is 13.4. The van der Waals surface area contributed by atoms with E-state index >= 15 is 0 Å². The summed E-state index contributed by atoms with van der Waals surface area (Å²) in [5, 5.41) is 1.11. The Bertz CT molecular complexity index is 1100. The van der Waals surface area contributed by atoms with Gasteiger partial charge in [-0.3, -0.25) is 9.59 Å². The van der Waals surface area contributed by atoms with Gasteiger partial charge in [0.2, 0.25) is 11.8 Å². The summed E-state index contributed by atoms with van der Waals surface area (Å²) in [7, 11) is 0. The molecule has 0 bridgehead atoms. The Balaban J connectivity index is 1.70. The topological polar surface area (TPSA) is 79.2 Å². The average molecular weight is 375 g/mol. The van der Waals surface area contributed by atoms with E-state index in [1.807, 2.05) is 31.2 Å². The van der Waals surface area contributed by atoms with Crippen LogP contribution in [0, 0.1) is 20.8 Å². The highest BCUT2D eigenvalue weighted by atomic mass is 16.2. The Morgan fingerprint density at radius 3 is 2.46 bits per heavy atom. The average Bonchev–Trinajstić information content (AvgIpc) is 3.01. The molecule has 4 rings (SSSR count). The fraction of sp³-hybridized carbons (Fsp3) is 0.304. The molecule has 1 aromatic heterocycles. The van der Waals surface area contributed by atoms with Crippen molar-refractivity contribution in [2.75, 3.05) is 0 Å². The number of rotatable bonds is 3. The number of aromatic amines is 1. The summed E-state index contributed by atoms with van der Waals surface area (Å²) in [5.74, 6) is -0.520. The summed E-state index contributed by atoms with van der Waals surface area (Å²) in [6, 6.07) is 11.5. The van der Waals surface area contributed by atoms with Crippen LogP contribution < -0.4 is 5.73 Å². The van der Waals surface area contributed by atoms with Gasteiger partial charge in [-0.1, -0.05) is 36.4 Å². The number of hydrogen-bond donors (Lipinski definition) is 2. The molecule has 0 unspecified atom stereocenters. The number of amides is 2. The third-order valence-electron chi connectivity index (χ3n) is 5.91. The third kappa shape index (κ3) is 2.97. The quantitative estimate of drug-likeness (QED) is 0.738. The zero-order valence-corrected chi connectivity index (χ0v) is 16.5. The minimum Gasteiger partial charge on any atom is -0.368 e. The minimum absolute atomic E-state index is 0.0665. The van der Waals surface area contributed by atoms with Crippen LogP contribution in [-0.4, -0.2) is 27.7 Å². The van der Waals surface area contributed by atoms with Crippen molar-refractivity contribution >= 4 is 22.7 Å². The van der Waals surface area contributed by atoms with Crippen LogP contribution in [0.1, 0.15) is 33.5 Å². The smallest absolute Gasteiger partial charge is 0.240 e. The molecule has 0 aliphatic carbocycles. The normalized spacial score (nSPS) is 16.2. The third-order valence-corrected chi connectivity index (χ3v) is 5.91. The highest BCUT2D eigenvalue weighted by Gasteiger charge is 2.33. The van der Waals surface area contributed by atoms with Gasteiger partial charge in [-0.2, -0.15) is 0 Å². The van der Waals surface area contributed by atoms with Crippen molar-refractivity contribution in [3.63, 3.8) is 0 Å². The van der Waals surface area contributed by atoms with Gasteiger partial charge in [-0.15, -0.1) is 0 Å². The summed E-state index contributed by atoms with van der Waals surface area (Å²) in [6.07, 6.45) is 0.727. The molecule has 1 atom stereocenters. The van der Waals surface area contributed by atoms with Crippen LogP contribution >= 0.6 is 0 Å². The number of fused-ring (bicyclic) bond motifs is 2. The molecule has 5 nitrogen and oxygen atoms in total. The Morgan fingerprint density at radius 1 is 1.07 bits per heavy atom. The van der Waals surface area contributed by atoms with E-state index in [1.54, 1.807) is 4.90 Å².